The van der Waals surface area contributed by atoms with Gasteiger partial charge in [0.25, 0.3) is 16.3 Å². The minimum absolute atomic E-state index is 0.00574. The van der Waals surface area contributed by atoms with Crippen LogP contribution in [0.2, 0.25) is 0 Å². The van der Waals surface area contributed by atoms with Crippen LogP contribution in [0.4, 0.5) is 4.39 Å². The standard InChI is InChI=1S/C6H11FNO.Al.2H/c1-4-2-9-3-5(8)6(4)7;;;/h3-6H,2,8H2,1H3;;;/t4-,5+,6?;;;/m0.../s1. The Labute approximate surface area is 68.3 Å². The van der Waals surface area contributed by atoms with Crippen LogP contribution in [0.15, 0.2) is 0 Å². The normalized spacial score (nSPS) is 49.1. The molecule has 0 saturated carbocycles. The van der Waals surface area contributed by atoms with Crippen LogP contribution in [0.1, 0.15) is 6.92 Å². The van der Waals surface area contributed by atoms with E-state index < -0.39 is 6.17 Å². The molecular weight excluding hydrogens is 148 g/mol. The zero-order valence-corrected chi connectivity index (χ0v) is 8.38. The average Bonchev–Trinajstić information content (AvgIpc) is 1.93. The fourth-order valence-electron chi connectivity index (χ4n) is 1.14. The third-order valence-corrected chi connectivity index (χ3v) is 3.18. The fourth-order valence-corrected chi connectivity index (χ4v) is 1.71. The molecule has 0 spiro atoms. The Morgan fingerprint density at radius 1 is 1.70 bits per heavy atom. The van der Waals surface area contributed by atoms with E-state index in [1.54, 1.807) is 0 Å². The van der Waals surface area contributed by atoms with E-state index >= 15 is 0 Å². The second kappa shape index (κ2) is 3.19. The number of alkyl halides is 1. The smallest absolute Gasteiger partial charge is 0.261 e. The van der Waals surface area contributed by atoms with Gasteiger partial charge in [-0.25, -0.2) is 4.39 Å². The Bertz CT molecular complexity index is 110. The molecule has 10 heavy (non-hydrogen) atoms. The summed E-state index contributed by atoms with van der Waals surface area (Å²) in [7, 11) is 0. The van der Waals surface area contributed by atoms with Crippen LogP contribution in [0.25, 0.3) is 0 Å². The summed E-state index contributed by atoms with van der Waals surface area (Å²) in [6.07, 6.45) is -0.865. The minimum Gasteiger partial charge on any atom is -0.392 e. The van der Waals surface area contributed by atoms with Crippen LogP contribution in [-0.2, 0) is 4.74 Å². The van der Waals surface area contributed by atoms with Gasteiger partial charge in [0.05, 0.1) is 6.61 Å². The Morgan fingerprint density at radius 2 is 2.30 bits per heavy atom. The maximum Gasteiger partial charge on any atom is 0.261 e. The lowest BCUT2D eigenvalue weighted by atomic mass is 9.99. The third kappa shape index (κ3) is 1.51. The first-order valence-electron chi connectivity index (χ1n) is 3.64. The van der Waals surface area contributed by atoms with E-state index in [1.807, 2.05) is 6.92 Å². The van der Waals surface area contributed by atoms with Crippen LogP contribution in [0, 0.1) is 5.92 Å². The van der Waals surface area contributed by atoms with Crippen molar-refractivity contribution in [1.29, 1.82) is 0 Å². The van der Waals surface area contributed by atoms with Crippen molar-refractivity contribution in [3.63, 3.8) is 0 Å². The zero-order chi connectivity index (χ0) is 7.72. The first-order valence-corrected chi connectivity index (χ1v) is 4.79. The van der Waals surface area contributed by atoms with Crippen molar-refractivity contribution in [3.8, 4) is 0 Å². The Morgan fingerprint density at radius 3 is 2.80 bits per heavy atom. The highest BCUT2D eigenvalue weighted by Gasteiger charge is 2.33. The molecule has 0 radical (unpaired) electrons. The lowest BCUT2D eigenvalue weighted by molar-refractivity contribution is -0.0282. The maximum atomic E-state index is 13.0. The third-order valence-electron chi connectivity index (χ3n) is 2.08. The summed E-state index contributed by atoms with van der Waals surface area (Å²) in [6, 6.07) is -0.379. The van der Waals surface area contributed by atoms with Gasteiger partial charge in [0.1, 0.15) is 6.17 Å². The molecule has 2 N–H and O–H groups in total. The summed E-state index contributed by atoms with van der Waals surface area (Å²) in [6.45, 7) is 2.36. The highest BCUT2D eigenvalue weighted by molar-refractivity contribution is 6.11. The molecule has 1 aliphatic rings. The summed E-state index contributed by atoms with van der Waals surface area (Å²) in [5.41, 5.74) is 5.55. The van der Waals surface area contributed by atoms with Crippen molar-refractivity contribution in [2.75, 3.05) is 6.61 Å². The molecule has 1 heterocycles. The van der Waals surface area contributed by atoms with Crippen molar-refractivity contribution in [1.82, 2.24) is 0 Å². The van der Waals surface area contributed by atoms with Crippen LogP contribution in [-0.4, -0.2) is 40.1 Å². The van der Waals surface area contributed by atoms with Crippen molar-refractivity contribution in [2.45, 2.75) is 24.1 Å². The predicted octanol–water partition coefficient (Wildman–Crippen LogP) is -0.723. The number of halogens is 1. The molecule has 0 aromatic carbocycles. The van der Waals surface area contributed by atoms with E-state index in [1.165, 1.54) is 0 Å². The molecule has 58 valence electrons. The number of nitrogens with two attached hydrogens (primary N) is 1. The van der Waals surface area contributed by atoms with E-state index in [4.69, 9.17) is 10.5 Å². The SMILES string of the molecule is C[C@H]1CO[C@H]([AlH2])[C@@H](N)C1F. The zero-order valence-electron chi connectivity index (χ0n) is 6.38. The first-order chi connectivity index (χ1) is 4.63. The van der Waals surface area contributed by atoms with E-state index in [0.717, 1.165) is 16.3 Å². The Balaban J connectivity index is 2.52. The van der Waals surface area contributed by atoms with Crippen molar-refractivity contribution >= 4 is 16.3 Å². The fraction of sp³-hybridized carbons (Fsp3) is 1.00. The second-order valence-corrected chi connectivity index (χ2v) is 4.18. The largest absolute Gasteiger partial charge is 0.392 e. The van der Waals surface area contributed by atoms with Crippen molar-refractivity contribution in [3.05, 3.63) is 0 Å². The van der Waals surface area contributed by atoms with Crippen LogP contribution < -0.4 is 5.73 Å². The number of rotatable bonds is 0. The van der Waals surface area contributed by atoms with Gasteiger partial charge in [0, 0.05) is 16.9 Å². The van der Waals surface area contributed by atoms with Gasteiger partial charge in [-0.15, -0.1) is 0 Å². The molecule has 0 aromatic rings. The lowest BCUT2D eigenvalue weighted by Crippen LogP contribution is -2.52. The maximum absolute atomic E-state index is 13.0. The van der Waals surface area contributed by atoms with Crippen molar-refractivity contribution < 1.29 is 9.13 Å². The van der Waals surface area contributed by atoms with Crippen molar-refractivity contribution in [2.24, 2.45) is 11.7 Å². The van der Waals surface area contributed by atoms with E-state index in [0.29, 0.717) is 6.61 Å². The molecule has 0 aliphatic carbocycles. The molecule has 1 aliphatic heterocycles. The molecule has 2 nitrogen and oxygen atoms in total. The van der Waals surface area contributed by atoms with Crippen LogP contribution in [0.3, 0.4) is 0 Å². The van der Waals surface area contributed by atoms with E-state index in [-0.39, 0.29) is 16.9 Å². The predicted molar refractivity (Wildman–Crippen MR) is 40.3 cm³/mol. The van der Waals surface area contributed by atoms with Gasteiger partial charge in [-0.05, 0) is 0 Å². The van der Waals surface area contributed by atoms with Crippen LogP contribution >= 0.6 is 0 Å². The summed E-state index contributed by atoms with van der Waals surface area (Å²) >= 11 is 0.827. The molecule has 1 unspecified atom stereocenters. The van der Waals surface area contributed by atoms with Gasteiger partial charge in [0.15, 0.2) is 0 Å². The van der Waals surface area contributed by atoms with Gasteiger partial charge >= 0.3 is 0 Å². The molecule has 1 rings (SSSR count). The molecule has 1 fully saturated rings. The summed E-state index contributed by atoms with van der Waals surface area (Å²) in [5.74, 6) is -0.0276. The average molecular weight is 161 g/mol. The number of hydrogen-bond acceptors (Lipinski definition) is 2. The molecule has 1 saturated heterocycles. The number of ether oxygens (including phenoxy) is 1. The second-order valence-electron chi connectivity index (χ2n) is 3.04. The molecule has 0 amide bonds. The van der Waals surface area contributed by atoms with Gasteiger partial charge in [-0.2, -0.15) is 0 Å². The highest BCUT2D eigenvalue weighted by Crippen LogP contribution is 2.19. The van der Waals surface area contributed by atoms with E-state index in [9.17, 15) is 4.39 Å². The molecule has 0 aromatic heterocycles. The summed E-state index contributed by atoms with van der Waals surface area (Å²) < 4.78 is 18.3. The van der Waals surface area contributed by atoms with Gasteiger partial charge in [0.2, 0.25) is 0 Å². The lowest BCUT2D eigenvalue weighted by Gasteiger charge is -2.34. The van der Waals surface area contributed by atoms with Gasteiger partial charge in [-0.1, -0.05) is 6.92 Å². The molecule has 0 bridgehead atoms. The van der Waals surface area contributed by atoms with Gasteiger partial charge in [-0.3, -0.25) is 0 Å². The molecular formula is C6H13AlFNO. The topological polar surface area (TPSA) is 35.2 Å². The summed E-state index contributed by atoms with van der Waals surface area (Å²) in [5, 5.41) is 0. The van der Waals surface area contributed by atoms with E-state index in [2.05, 4.69) is 0 Å². The minimum atomic E-state index is -0.865. The quantitative estimate of drug-likeness (QED) is 0.476. The first kappa shape index (κ1) is 8.48. The van der Waals surface area contributed by atoms with Crippen LogP contribution in [0.5, 0.6) is 0 Å². The molecule has 4 atom stereocenters. The van der Waals surface area contributed by atoms with Gasteiger partial charge < -0.3 is 10.5 Å². The monoisotopic (exact) mass is 161 g/mol. The number of hydrogen-bond donors (Lipinski definition) is 1. The Kier molecular flexibility index (Phi) is 2.70. The molecule has 4 heteroatoms. The Hall–Kier alpha value is 0.382. The highest BCUT2D eigenvalue weighted by atomic mass is 27.0. The summed E-state index contributed by atoms with van der Waals surface area (Å²) in [4.78, 5) is 0.00574.